The summed E-state index contributed by atoms with van der Waals surface area (Å²) >= 11 is 1.62. The van der Waals surface area contributed by atoms with E-state index in [-0.39, 0.29) is 5.91 Å². The fourth-order valence-electron chi connectivity index (χ4n) is 2.78. The zero-order chi connectivity index (χ0) is 14.7. The average Bonchev–Trinajstić information content (AvgIpc) is 3.17. The number of amides is 1. The van der Waals surface area contributed by atoms with Crippen LogP contribution in [0.2, 0.25) is 0 Å². The SMILES string of the molecule is CCC(=O)N1CCCC(Cc2nc(-c3ccsc3)no2)C1. The van der Waals surface area contributed by atoms with Crippen molar-refractivity contribution in [2.45, 2.75) is 32.6 Å². The number of hydrogen-bond donors (Lipinski definition) is 0. The van der Waals surface area contributed by atoms with Crippen LogP contribution in [0.15, 0.2) is 21.3 Å². The lowest BCUT2D eigenvalue weighted by Crippen LogP contribution is -2.40. The third-order valence-electron chi connectivity index (χ3n) is 3.88. The van der Waals surface area contributed by atoms with Gasteiger partial charge in [-0.15, -0.1) is 0 Å². The molecule has 0 bridgehead atoms. The molecule has 1 amide bonds. The standard InChI is InChI=1S/C15H19N3O2S/c1-2-14(19)18-6-3-4-11(9-18)8-13-16-15(17-20-13)12-5-7-21-10-12/h5,7,10-11H,2-4,6,8-9H2,1H3. The van der Waals surface area contributed by atoms with Crippen molar-refractivity contribution in [3.05, 3.63) is 22.7 Å². The zero-order valence-electron chi connectivity index (χ0n) is 12.1. The fraction of sp³-hybridized carbons (Fsp3) is 0.533. The molecule has 0 N–H and O–H groups in total. The van der Waals surface area contributed by atoms with E-state index in [2.05, 4.69) is 10.1 Å². The topological polar surface area (TPSA) is 59.2 Å². The van der Waals surface area contributed by atoms with Gasteiger partial charge < -0.3 is 9.42 Å². The second-order valence-electron chi connectivity index (χ2n) is 5.43. The van der Waals surface area contributed by atoms with Crippen molar-refractivity contribution < 1.29 is 9.32 Å². The molecule has 1 fully saturated rings. The van der Waals surface area contributed by atoms with Gasteiger partial charge in [0, 0.05) is 36.9 Å². The third-order valence-corrected chi connectivity index (χ3v) is 4.57. The Morgan fingerprint density at radius 2 is 2.48 bits per heavy atom. The van der Waals surface area contributed by atoms with Crippen molar-refractivity contribution in [2.75, 3.05) is 13.1 Å². The van der Waals surface area contributed by atoms with Gasteiger partial charge in [-0.25, -0.2) is 0 Å². The van der Waals surface area contributed by atoms with Crippen molar-refractivity contribution in [1.82, 2.24) is 15.0 Å². The number of piperidine rings is 1. The summed E-state index contributed by atoms with van der Waals surface area (Å²) < 4.78 is 5.35. The highest BCUT2D eigenvalue weighted by atomic mass is 32.1. The van der Waals surface area contributed by atoms with Crippen molar-refractivity contribution >= 4 is 17.2 Å². The van der Waals surface area contributed by atoms with Crippen molar-refractivity contribution in [3.8, 4) is 11.4 Å². The second-order valence-corrected chi connectivity index (χ2v) is 6.21. The monoisotopic (exact) mass is 305 g/mol. The summed E-state index contributed by atoms with van der Waals surface area (Å²) in [6, 6.07) is 1.99. The minimum absolute atomic E-state index is 0.240. The summed E-state index contributed by atoms with van der Waals surface area (Å²) in [6.45, 7) is 3.60. The second kappa shape index (κ2) is 6.39. The molecule has 5 nitrogen and oxygen atoms in total. The van der Waals surface area contributed by atoms with Gasteiger partial charge in [-0.3, -0.25) is 4.79 Å². The lowest BCUT2D eigenvalue weighted by atomic mass is 9.94. The van der Waals surface area contributed by atoms with Gasteiger partial charge >= 0.3 is 0 Å². The third kappa shape index (κ3) is 3.32. The highest BCUT2D eigenvalue weighted by Crippen LogP contribution is 2.23. The van der Waals surface area contributed by atoms with E-state index in [0.29, 0.717) is 24.1 Å². The highest BCUT2D eigenvalue weighted by molar-refractivity contribution is 7.08. The number of thiophene rings is 1. The van der Waals surface area contributed by atoms with Crippen molar-refractivity contribution in [2.24, 2.45) is 5.92 Å². The number of nitrogens with zero attached hydrogens (tertiary/aromatic N) is 3. The molecule has 0 radical (unpaired) electrons. The van der Waals surface area contributed by atoms with Crippen LogP contribution in [0.25, 0.3) is 11.4 Å². The lowest BCUT2D eigenvalue weighted by molar-refractivity contribution is -0.132. The Morgan fingerprint density at radius 3 is 3.24 bits per heavy atom. The minimum atomic E-state index is 0.240. The Balaban J connectivity index is 1.62. The van der Waals surface area contributed by atoms with E-state index < -0.39 is 0 Å². The Kier molecular flexibility index (Phi) is 4.34. The average molecular weight is 305 g/mol. The molecular weight excluding hydrogens is 286 g/mol. The van der Waals surface area contributed by atoms with E-state index in [9.17, 15) is 4.79 Å². The summed E-state index contributed by atoms with van der Waals surface area (Å²) in [7, 11) is 0. The molecule has 6 heteroatoms. The molecule has 0 saturated carbocycles. The first-order chi connectivity index (χ1) is 10.3. The van der Waals surface area contributed by atoms with E-state index >= 15 is 0 Å². The number of likely N-dealkylation sites (tertiary alicyclic amines) is 1. The molecule has 1 aliphatic heterocycles. The normalized spacial score (nSPS) is 18.9. The van der Waals surface area contributed by atoms with Crippen LogP contribution in [-0.4, -0.2) is 34.0 Å². The smallest absolute Gasteiger partial charge is 0.227 e. The Morgan fingerprint density at radius 1 is 1.57 bits per heavy atom. The molecule has 0 spiro atoms. The maximum Gasteiger partial charge on any atom is 0.227 e. The predicted molar refractivity (Wildman–Crippen MR) is 80.9 cm³/mol. The number of hydrogen-bond acceptors (Lipinski definition) is 5. The molecule has 21 heavy (non-hydrogen) atoms. The summed E-state index contributed by atoms with van der Waals surface area (Å²) in [6.07, 6.45) is 3.51. The van der Waals surface area contributed by atoms with Crippen LogP contribution >= 0.6 is 11.3 Å². The van der Waals surface area contributed by atoms with Gasteiger partial charge in [0.1, 0.15) is 0 Å². The van der Waals surface area contributed by atoms with Crippen LogP contribution in [-0.2, 0) is 11.2 Å². The molecule has 3 rings (SSSR count). The summed E-state index contributed by atoms with van der Waals surface area (Å²) in [4.78, 5) is 18.2. The Labute approximate surface area is 128 Å². The van der Waals surface area contributed by atoms with Gasteiger partial charge in [0.25, 0.3) is 0 Å². The van der Waals surface area contributed by atoms with Crippen molar-refractivity contribution in [3.63, 3.8) is 0 Å². The Hall–Kier alpha value is -1.69. The first-order valence-corrected chi connectivity index (χ1v) is 8.33. The molecule has 1 atom stereocenters. The molecule has 0 aromatic carbocycles. The quantitative estimate of drug-likeness (QED) is 0.871. The molecular formula is C15H19N3O2S. The van der Waals surface area contributed by atoms with Gasteiger partial charge in [0.15, 0.2) is 0 Å². The van der Waals surface area contributed by atoms with E-state index in [4.69, 9.17) is 4.52 Å². The first kappa shape index (κ1) is 14.3. The van der Waals surface area contributed by atoms with Gasteiger partial charge in [-0.2, -0.15) is 16.3 Å². The van der Waals surface area contributed by atoms with Gasteiger partial charge in [-0.1, -0.05) is 12.1 Å². The predicted octanol–water partition coefficient (Wildman–Crippen LogP) is 2.99. The van der Waals surface area contributed by atoms with Crippen LogP contribution in [0, 0.1) is 5.92 Å². The van der Waals surface area contributed by atoms with Crippen LogP contribution < -0.4 is 0 Å². The highest BCUT2D eigenvalue weighted by Gasteiger charge is 2.24. The van der Waals surface area contributed by atoms with E-state index in [1.54, 1.807) is 11.3 Å². The molecule has 0 aliphatic carbocycles. The van der Waals surface area contributed by atoms with Crippen LogP contribution in [0.5, 0.6) is 0 Å². The largest absolute Gasteiger partial charge is 0.342 e. The molecule has 2 aromatic heterocycles. The number of carbonyl (C=O) groups excluding carboxylic acids is 1. The van der Waals surface area contributed by atoms with Crippen LogP contribution in [0.3, 0.4) is 0 Å². The first-order valence-electron chi connectivity index (χ1n) is 7.39. The van der Waals surface area contributed by atoms with E-state index in [0.717, 1.165) is 37.9 Å². The maximum absolute atomic E-state index is 11.8. The molecule has 2 aromatic rings. The summed E-state index contributed by atoms with van der Waals surface area (Å²) in [5, 5.41) is 8.05. The number of rotatable bonds is 4. The molecule has 1 unspecified atom stereocenters. The Bertz CT molecular complexity index is 594. The van der Waals surface area contributed by atoms with Gasteiger partial charge in [-0.05, 0) is 30.2 Å². The molecule has 112 valence electrons. The van der Waals surface area contributed by atoms with E-state index in [1.165, 1.54) is 0 Å². The van der Waals surface area contributed by atoms with Crippen LogP contribution in [0.1, 0.15) is 32.1 Å². The van der Waals surface area contributed by atoms with Crippen LogP contribution in [0.4, 0.5) is 0 Å². The summed E-state index contributed by atoms with van der Waals surface area (Å²) in [5.41, 5.74) is 1.00. The van der Waals surface area contributed by atoms with Crippen molar-refractivity contribution in [1.29, 1.82) is 0 Å². The fourth-order valence-corrected chi connectivity index (χ4v) is 3.41. The van der Waals surface area contributed by atoms with Gasteiger partial charge in [0.2, 0.25) is 17.6 Å². The molecule has 1 saturated heterocycles. The maximum atomic E-state index is 11.8. The van der Waals surface area contributed by atoms with E-state index in [1.807, 2.05) is 28.7 Å². The lowest BCUT2D eigenvalue weighted by Gasteiger charge is -2.32. The summed E-state index contributed by atoms with van der Waals surface area (Å²) in [5.74, 6) is 1.99. The zero-order valence-corrected chi connectivity index (χ0v) is 12.9. The minimum Gasteiger partial charge on any atom is -0.342 e. The van der Waals surface area contributed by atoms with Gasteiger partial charge in [0.05, 0.1) is 0 Å². The molecule has 3 heterocycles. The number of carbonyl (C=O) groups is 1. The number of aromatic nitrogens is 2. The molecule has 1 aliphatic rings.